The number of aliphatic hydroxyl groups is 1. The van der Waals surface area contributed by atoms with E-state index in [0.717, 1.165) is 87.8 Å². The Morgan fingerprint density at radius 3 is 2.53 bits per heavy atom. The second kappa shape index (κ2) is 12.1. The van der Waals surface area contributed by atoms with Gasteiger partial charge in [0.1, 0.15) is 5.82 Å². The first-order valence-corrected chi connectivity index (χ1v) is 12.9. The molecule has 0 aliphatic heterocycles. The molecule has 4 N–H and O–H groups in total. The molecule has 2 aliphatic rings. The molecule has 0 bridgehead atoms. The molecular weight excluding hydrogens is 428 g/mol. The molecule has 2 saturated carbocycles. The Morgan fingerprint density at radius 1 is 1.03 bits per heavy atom. The zero-order valence-electron chi connectivity index (χ0n) is 20.2. The van der Waals surface area contributed by atoms with E-state index in [9.17, 15) is 9.90 Å². The van der Waals surface area contributed by atoms with Gasteiger partial charge in [-0.3, -0.25) is 9.78 Å². The van der Waals surface area contributed by atoms with Crippen LogP contribution in [-0.4, -0.2) is 44.7 Å². The summed E-state index contributed by atoms with van der Waals surface area (Å²) in [6, 6.07) is 4.07. The summed E-state index contributed by atoms with van der Waals surface area (Å²) in [4.78, 5) is 26.5. The number of aliphatic hydroxyl groups excluding tert-OH is 1. The lowest BCUT2D eigenvalue weighted by Crippen LogP contribution is -2.29. The quantitative estimate of drug-likeness (QED) is 0.385. The van der Waals surface area contributed by atoms with Gasteiger partial charge in [-0.1, -0.05) is 32.6 Å². The number of aromatic nitrogens is 3. The summed E-state index contributed by atoms with van der Waals surface area (Å²) in [7, 11) is 0. The molecule has 0 aromatic carbocycles. The summed E-state index contributed by atoms with van der Waals surface area (Å²) in [5, 5.41) is 19.8. The molecule has 2 heterocycles. The van der Waals surface area contributed by atoms with Gasteiger partial charge in [0.25, 0.3) is 0 Å². The first-order chi connectivity index (χ1) is 16.6. The van der Waals surface area contributed by atoms with Crippen LogP contribution in [-0.2, 0) is 4.79 Å². The Morgan fingerprint density at radius 2 is 1.82 bits per heavy atom. The van der Waals surface area contributed by atoms with Crippen molar-refractivity contribution in [2.24, 2.45) is 5.92 Å². The number of hydrogen-bond acceptors (Lipinski definition) is 7. The van der Waals surface area contributed by atoms with Crippen LogP contribution in [0.15, 0.2) is 24.5 Å². The standard InChI is InChI=1S/C26H38N6O2/c1-2-3-15-27-26-29-17-22(24(32-26)30-19-9-12-21(33)13-10-19)23-14-11-20(16-28-23)31-25(34)18-7-5-4-6-8-18/h11,14,16-19,21,33H,2-10,12-13,15H2,1H3,(H,31,34)(H2,27,29,30,32)/t19-,21-. The molecule has 2 aromatic heterocycles. The molecule has 2 aromatic rings. The van der Waals surface area contributed by atoms with Crippen LogP contribution in [0.1, 0.15) is 77.6 Å². The van der Waals surface area contributed by atoms with E-state index in [-0.39, 0.29) is 24.0 Å². The number of nitrogens with one attached hydrogen (secondary N) is 3. The van der Waals surface area contributed by atoms with Crippen molar-refractivity contribution in [3.8, 4) is 11.3 Å². The highest BCUT2D eigenvalue weighted by Crippen LogP contribution is 2.30. The maximum absolute atomic E-state index is 12.6. The number of rotatable bonds is 9. The maximum Gasteiger partial charge on any atom is 0.227 e. The Kier molecular flexibility index (Phi) is 8.68. The fourth-order valence-electron chi connectivity index (χ4n) is 4.79. The van der Waals surface area contributed by atoms with Crippen LogP contribution in [0, 0.1) is 5.92 Å². The Bertz CT molecular complexity index is 921. The first kappa shape index (κ1) is 24.4. The van der Waals surface area contributed by atoms with Gasteiger partial charge >= 0.3 is 0 Å². The summed E-state index contributed by atoms with van der Waals surface area (Å²) >= 11 is 0. The summed E-state index contributed by atoms with van der Waals surface area (Å²) in [5.74, 6) is 1.56. The second-order valence-corrected chi connectivity index (χ2v) is 9.64. The molecule has 0 saturated heterocycles. The summed E-state index contributed by atoms with van der Waals surface area (Å²) < 4.78 is 0. The third-order valence-electron chi connectivity index (χ3n) is 6.92. The first-order valence-electron chi connectivity index (χ1n) is 12.9. The molecule has 0 spiro atoms. The minimum absolute atomic E-state index is 0.0990. The van der Waals surface area contributed by atoms with Gasteiger partial charge in [0.05, 0.1) is 29.2 Å². The van der Waals surface area contributed by atoms with Crippen molar-refractivity contribution in [3.05, 3.63) is 24.5 Å². The van der Waals surface area contributed by atoms with Gasteiger partial charge in [0.15, 0.2) is 0 Å². The van der Waals surface area contributed by atoms with Crippen molar-refractivity contribution < 1.29 is 9.90 Å². The Labute approximate surface area is 202 Å². The van der Waals surface area contributed by atoms with Crippen LogP contribution in [0.4, 0.5) is 17.5 Å². The lowest BCUT2D eigenvalue weighted by molar-refractivity contribution is -0.120. The third kappa shape index (κ3) is 6.65. The smallest absolute Gasteiger partial charge is 0.227 e. The van der Waals surface area contributed by atoms with E-state index < -0.39 is 0 Å². The van der Waals surface area contributed by atoms with Crippen LogP contribution in [0.25, 0.3) is 11.3 Å². The molecule has 184 valence electrons. The van der Waals surface area contributed by atoms with Gasteiger partial charge in [-0.2, -0.15) is 4.98 Å². The van der Waals surface area contributed by atoms with E-state index in [1.54, 1.807) is 6.20 Å². The third-order valence-corrected chi connectivity index (χ3v) is 6.92. The number of amides is 1. The van der Waals surface area contributed by atoms with Crippen molar-refractivity contribution in [3.63, 3.8) is 0 Å². The molecule has 0 atom stereocenters. The zero-order chi connectivity index (χ0) is 23.8. The summed E-state index contributed by atoms with van der Waals surface area (Å²) in [5.41, 5.74) is 2.31. The lowest BCUT2D eigenvalue weighted by Gasteiger charge is -2.27. The number of carbonyl (C=O) groups is 1. The number of nitrogens with zero attached hydrogens (tertiary/aromatic N) is 3. The average molecular weight is 467 g/mol. The van der Waals surface area contributed by atoms with Crippen molar-refractivity contribution in [2.45, 2.75) is 89.7 Å². The highest BCUT2D eigenvalue weighted by atomic mass is 16.3. The van der Waals surface area contributed by atoms with E-state index in [4.69, 9.17) is 4.98 Å². The summed E-state index contributed by atoms with van der Waals surface area (Å²) in [6.45, 7) is 2.99. The molecule has 1 amide bonds. The molecule has 2 aliphatic carbocycles. The van der Waals surface area contributed by atoms with Crippen LogP contribution in [0.5, 0.6) is 0 Å². The van der Waals surface area contributed by atoms with Crippen LogP contribution in [0.3, 0.4) is 0 Å². The monoisotopic (exact) mass is 466 g/mol. The number of hydrogen-bond donors (Lipinski definition) is 4. The van der Waals surface area contributed by atoms with Gasteiger partial charge in [-0.15, -0.1) is 0 Å². The molecular formula is C26H38N6O2. The Hall–Kier alpha value is -2.74. The minimum Gasteiger partial charge on any atom is -0.393 e. The number of pyridine rings is 1. The van der Waals surface area contributed by atoms with E-state index in [1.807, 2.05) is 18.3 Å². The van der Waals surface area contributed by atoms with Gasteiger partial charge in [-0.05, 0) is 57.1 Å². The maximum atomic E-state index is 12.6. The van der Waals surface area contributed by atoms with Gasteiger partial charge in [0, 0.05) is 24.7 Å². The van der Waals surface area contributed by atoms with Crippen molar-refractivity contribution in [2.75, 3.05) is 22.5 Å². The van der Waals surface area contributed by atoms with E-state index in [1.165, 1.54) is 6.42 Å². The van der Waals surface area contributed by atoms with E-state index in [2.05, 4.69) is 32.8 Å². The SMILES string of the molecule is CCCCNc1ncc(-c2ccc(NC(=O)C3CCCCC3)cn2)c(N[C@H]2CC[C@H](O)CC2)n1. The van der Waals surface area contributed by atoms with Crippen molar-refractivity contribution >= 4 is 23.4 Å². The molecule has 8 heteroatoms. The second-order valence-electron chi connectivity index (χ2n) is 9.64. The van der Waals surface area contributed by atoms with Crippen molar-refractivity contribution in [1.82, 2.24) is 15.0 Å². The zero-order valence-corrected chi connectivity index (χ0v) is 20.2. The molecule has 0 unspecified atom stereocenters. The van der Waals surface area contributed by atoms with Gasteiger partial charge in [-0.25, -0.2) is 4.98 Å². The lowest BCUT2D eigenvalue weighted by atomic mass is 9.88. The highest BCUT2D eigenvalue weighted by Gasteiger charge is 2.23. The summed E-state index contributed by atoms with van der Waals surface area (Å²) in [6.07, 6.45) is 14.3. The Balaban J connectivity index is 1.48. The predicted molar refractivity (Wildman–Crippen MR) is 136 cm³/mol. The van der Waals surface area contributed by atoms with Gasteiger partial charge < -0.3 is 21.1 Å². The number of unbranched alkanes of at least 4 members (excludes halogenated alkanes) is 1. The van der Waals surface area contributed by atoms with Crippen LogP contribution >= 0.6 is 0 Å². The molecule has 2 fully saturated rings. The van der Waals surface area contributed by atoms with Crippen LogP contribution < -0.4 is 16.0 Å². The van der Waals surface area contributed by atoms with E-state index >= 15 is 0 Å². The van der Waals surface area contributed by atoms with Crippen molar-refractivity contribution in [1.29, 1.82) is 0 Å². The van der Waals surface area contributed by atoms with Crippen LogP contribution in [0.2, 0.25) is 0 Å². The predicted octanol–water partition coefficient (Wildman–Crippen LogP) is 4.98. The fourth-order valence-corrected chi connectivity index (χ4v) is 4.79. The number of carbonyl (C=O) groups excluding carboxylic acids is 1. The fraction of sp³-hybridized carbons (Fsp3) is 0.615. The van der Waals surface area contributed by atoms with E-state index in [0.29, 0.717) is 11.6 Å². The normalized spacial score (nSPS) is 21.1. The largest absolute Gasteiger partial charge is 0.393 e. The minimum atomic E-state index is -0.202. The molecule has 0 radical (unpaired) electrons. The molecule has 8 nitrogen and oxygen atoms in total. The highest BCUT2D eigenvalue weighted by molar-refractivity contribution is 5.92. The van der Waals surface area contributed by atoms with Gasteiger partial charge in [0.2, 0.25) is 11.9 Å². The molecule has 34 heavy (non-hydrogen) atoms. The number of anilines is 3. The average Bonchev–Trinajstić information content (AvgIpc) is 2.87. The topological polar surface area (TPSA) is 112 Å². The molecule has 4 rings (SSSR count).